The summed E-state index contributed by atoms with van der Waals surface area (Å²) in [5.74, 6) is -1.48. The lowest BCUT2D eigenvalue weighted by Crippen LogP contribution is -2.30. The number of hydrogen-bond donors (Lipinski definition) is 2. The Labute approximate surface area is 268 Å². The quantitative estimate of drug-likeness (QED) is 0.197. The van der Waals surface area contributed by atoms with Crippen LogP contribution >= 0.6 is 0 Å². The molecule has 8 nitrogen and oxygen atoms in total. The number of aryl methyl sites for hydroxylation is 1. The average molecular weight is 648 g/mol. The summed E-state index contributed by atoms with van der Waals surface area (Å²) in [5, 5.41) is 14.5. The van der Waals surface area contributed by atoms with Crippen LogP contribution in [0.4, 0.5) is 8.78 Å². The predicted molar refractivity (Wildman–Crippen MR) is 172 cm³/mol. The van der Waals surface area contributed by atoms with E-state index in [-0.39, 0.29) is 35.3 Å². The molecule has 2 unspecified atom stereocenters. The number of halogens is 2. The Kier molecular flexibility index (Phi) is 9.17. The molecule has 2 aromatic heterocycles. The predicted octanol–water partition coefficient (Wildman–Crippen LogP) is 7.40. The number of aromatic nitrogens is 3. The van der Waals surface area contributed by atoms with Gasteiger partial charge in [-0.2, -0.15) is 5.10 Å². The Morgan fingerprint density at radius 2 is 2.00 bits per heavy atom. The number of carboxylic acids is 1. The summed E-state index contributed by atoms with van der Waals surface area (Å²) in [7, 11) is 0. The Morgan fingerprint density at radius 3 is 2.83 bits per heavy atom. The zero-order valence-electron chi connectivity index (χ0n) is 25.6. The van der Waals surface area contributed by atoms with E-state index in [1.807, 2.05) is 38.1 Å². The van der Waals surface area contributed by atoms with Crippen LogP contribution < -0.4 is 4.74 Å². The van der Waals surface area contributed by atoms with Crippen molar-refractivity contribution in [3.05, 3.63) is 101 Å². The Morgan fingerprint density at radius 1 is 1.15 bits per heavy atom. The summed E-state index contributed by atoms with van der Waals surface area (Å²) in [6.45, 7) is 4.63. The van der Waals surface area contributed by atoms with Gasteiger partial charge >= 0.3 is 5.97 Å². The first-order valence-electron chi connectivity index (χ1n) is 15.1. The third-order valence-electron chi connectivity index (χ3n) is 8.11. The summed E-state index contributed by atoms with van der Waals surface area (Å²) >= 11 is -1.39. The highest BCUT2D eigenvalue weighted by atomic mass is 32.2. The number of hydrogen-bond acceptors (Lipinski definition) is 5. The summed E-state index contributed by atoms with van der Waals surface area (Å²) < 4.78 is 58.8. The number of aromatic amines is 1. The molecule has 0 amide bonds. The number of aliphatic carboxylic acids is 1. The fraction of sp³-hybridized carbons (Fsp3) is 0.314. The Bertz CT molecular complexity index is 1870. The van der Waals surface area contributed by atoms with E-state index < -0.39 is 34.2 Å². The number of H-pyrrole nitrogens is 1. The zero-order chi connectivity index (χ0) is 32.4. The topological polar surface area (TPSA) is 112 Å². The van der Waals surface area contributed by atoms with Crippen molar-refractivity contribution in [1.82, 2.24) is 14.8 Å². The van der Waals surface area contributed by atoms with Crippen LogP contribution in [0.2, 0.25) is 0 Å². The van der Waals surface area contributed by atoms with Gasteiger partial charge in [0, 0.05) is 53.4 Å². The highest BCUT2D eigenvalue weighted by Crippen LogP contribution is 2.39. The molecule has 0 aliphatic carbocycles. The maximum atomic E-state index is 15.6. The van der Waals surface area contributed by atoms with Gasteiger partial charge in [-0.15, -0.1) is 0 Å². The monoisotopic (exact) mass is 647 g/mol. The lowest BCUT2D eigenvalue weighted by molar-refractivity contribution is -0.136. The van der Waals surface area contributed by atoms with Gasteiger partial charge < -0.3 is 24.1 Å². The van der Waals surface area contributed by atoms with Crippen molar-refractivity contribution in [3.63, 3.8) is 0 Å². The molecular weight excluding hydrogens is 612 g/mol. The number of carbonyl (C=O) groups is 1. The molecule has 0 saturated carbocycles. The standard InChI is InChI=1S/C35H35F2N3O5S/c1-35(2)20-44-15-12-31(23-5-3-4-22(16-23)6-9-33(41)42)40-32(11-14-39-40)26-17-24(7-8-28(26)36)45-34-27(19-46(43)21-35)25-10-13-38-30(25)18-29(34)37/h3-5,7-8,10-11,13-14,16-18,31,38H,6,9,12,15,19-21H2,1-2H3,(H,41,42). The second kappa shape index (κ2) is 13.3. The minimum Gasteiger partial charge on any atom is -0.616 e. The highest BCUT2D eigenvalue weighted by molar-refractivity contribution is 7.90. The molecule has 2 bridgehead atoms. The first-order valence-corrected chi connectivity index (χ1v) is 16.6. The fourth-order valence-electron chi connectivity index (χ4n) is 6.01. The number of rotatable bonds is 4. The molecule has 3 heterocycles. The van der Waals surface area contributed by atoms with Crippen LogP contribution in [0, 0.1) is 17.0 Å². The molecule has 0 spiro atoms. The van der Waals surface area contributed by atoms with Crippen molar-refractivity contribution in [1.29, 1.82) is 0 Å². The maximum absolute atomic E-state index is 15.6. The number of carboxylic acid groups (broad SMARTS) is 1. The van der Waals surface area contributed by atoms with Crippen molar-refractivity contribution in [2.75, 3.05) is 19.0 Å². The number of benzene rings is 3. The van der Waals surface area contributed by atoms with Crippen molar-refractivity contribution in [2.24, 2.45) is 5.41 Å². The van der Waals surface area contributed by atoms with Crippen molar-refractivity contribution in [3.8, 4) is 22.8 Å². The van der Waals surface area contributed by atoms with Gasteiger partial charge in [0.25, 0.3) is 0 Å². The molecule has 0 saturated heterocycles. The van der Waals surface area contributed by atoms with E-state index in [0.29, 0.717) is 54.0 Å². The molecule has 6 rings (SSSR count). The van der Waals surface area contributed by atoms with Gasteiger partial charge in [0.1, 0.15) is 23.1 Å². The van der Waals surface area contributed by atoms with Crippen molar-refractivity contribution in [2.45, 2.75) is 44.9 Å². The minimum absolute atomic E-state index is 0.00195. The maximum Gasteiger partial charge on any atom is 0.303 e. The summed E-state index contributed by atoms with van der Waals surface area (Å²) in [6.07, 6.45) is 4.14. The molecule has 240 valence electrons. The van der Waals surface area contributed by atoms with Crippen LogP contribution in [-0.2, 0) is 32.9 Å². The summed E-state index contributed by atoms with van der Waals surface area (Å²) in [5.41, 5.74) is 3.00. The number of nitrogens with zero attached hydrogens (tertiary/aromatic N) is 2. The fourth-order valence-corrected chi connectivity index (χ4v) is 7.67. The van der Waals surface area contributed by atoms with Crippen molar-refractivity contribution >= 4 is 28.0 Å². The van der Waals surface area contributed by atoms with Gasteiger partial charge in [0.05, 0.1) is 23.9 Å². The Balaban J connectivity index is 1.46. The number of nitrogens with one attached hydrogen (secondary N) is 1. The van der Waals surface area contributed by atoms with Gasteiger partial charge in [0.2, 0.25) is 0 Å². The molecule has 46 heavy (non-hydrogen) atoms. The molecule has 0 radical (unpaired) electrons. The number of fused-ring (bicyclic) bond motifs is 7. The van der Waals surface area contributed by atoms with Crippen LogP contribution in [0.1, 0.15) is 49.4 Å². The molecule has 2 atom stereocenters. The second-order valence-corrected chi connectivity index (χ2v) is 13.9. The van der Waals surface area contributed by atoms with Gasteiger partial charge in [-0.25, -0.2) is 8.78 Å². The normalized spacial score (nSPS) is 18.7. The Hall–Kier alpha value is -4.19. The molecule has 1 aliphatic rings. The SMILES string of the molecule is CC1(C)COCCC(c2cccc(CCC(=O)O)c2)n2nccc2-c2cc(ccc2F)Oc2c(F)cc3[nH]ccc3c2C[S+]([O-])C1. The first kappa shape index (κ1) is 31.8. The van der Waals surface area contributed by atoms with Crippen LogP contribution in [-0.4, -0.2) is 49.4 Å². The largest absolute Gasteiger partial charge is 0.616 e. The van der Waals surface area contributed by atoms with Gasteiger partial charge in [-0.1, -0.05) is 38.1 Å². The van der Waals surface area contributed by atoms with Crippen molar-refractivity contribution < 1.29 is 32.7 Å². The van der Waals surface area contributed by atoms with Crippen LogP contribution in [0.3, 0.4) is 0 Å². The molecule has 0 fully saturated rings. The van der Waals surface area contributed by atoms with Crippen LogP contribution in [0.25, 0.3) is 22.2 Å². The average Bonchev–Trinajstić information content (AvgIpc) is 3.68. The molecule has 11 heteroatoms. The van der Waals surface area contributed by atoms with E-state index in [0.717, 1.165) is 11.1 Å². The van der Waals surface area contributed by atoms with E-state index in [2.05, 4.69) is 10.1 Å². The third kappa shape index (κ3) is 6.96. The second-order valence-electron chi connectivity index (χ2n) is 12.4. The van der Waals surface area contributed by atoms with Crippen LogP contribution in [0.5, 0.6) is 11.5 Å². The van der Waals surface area contributed by atoms with Crippen LogP contribution in [0.15, 0.2) is 73.1 Å². The lowest BCUT2D eigenvalue weighted by Gasteiger charge is -2.27. The molecule has 2 N–H and O–H groups in total. The van der Waals surface area contributed by atoms with Gasteiger partial charge in [0.15, 0.2) is 11.6 Å². The number of ether oxygens (including phenoxy) is 2. The van der Waals surface area contributed by atoms with E-state index in [9.17, 15) is 14.5 Å². The molecule has 3 aromatic carbocycles. The van der Waals surface area contributed by atoms with E-state index >= 15 is 8.78 Å². The molecular formula is C35H35F2N3O5S. The smallest absolute Gasteiger partial charge is 0.303 e. The molecule has 1 aliphatic heterocycles. The summed E-state index contributed by atoms with van der Waals surface area (Å²) in [6, 6.07) is 16.3. The van der Waals surface area contributed by atoms with Gasteiger partial charge in [-0.05, 0) is 65.5 Å². The lowest BCUT2D eigenvalue weighted by atomic mass is 9.97. The first-order chi connectivity index (χ1) is 22.1. The highest BCUT2D eigenvalue weighted by Gasteiger charge is 2.29. The van der Waals surface area contributed by atoms with E-state index in [4.69, 9.17) is 9.47 Å². The minimum atomic E-state index is -1.39. The molecule has 5 aromatic rings. The van der Waals surface area contributed by atoms with Gasteiger partial charge in [-0.3, -0.25) is 9.48 Å². The van der Waals surface area contributed by atoms with E-state index in [1.54, 1.807) is 29.2 Å². The third-order valence-corrected chi connectivity index (χ3v) is 9.83. The zero-order valence-corrected chi connectivity index (χ0v) is 26.4. The van der Waals surface area contributed by atoms with E-state index in [1.165, 1.54) is 24.3 Å². The summed E-state index contributed by atoms with van der Waals surface area (Å²) in [4.78, 5) is 14.2.